The second kappa shape index (κ2) is 4.38. The Balaban J connectivity index is 2.24. The largest absolute Gasteiger partial charge is 0.378 e. The highest BCUT2D eigenvalue weighted by atomic mass is 79.9. The molecule has 0 bridgehead atoms. The lowest BCUT2D eigenvalue weighted by Gasteiger charge is -2.24. The summed E-state index contributed by atoms with van der Waals surface area (Å²) in [7, 11) is 0. The van der Waals surface area contributed by atoms with Crippen LogP contribution in [0.15, 0.2) is 22.7 Å². The average molecular weight is 260 g/mol. The SMILES string of the molecule is Fc1ccc(Br)cc1C1COCCN1. The maximum Gasteiger partial charge on any atom is 0.128 e. The van der Waals surface area contributed by atoms with E-state index in [1.54, 1.807) is 12.1 Å². The Morgan fingerprint density at radius 3 is 3.07 bits per heavy atom. The molecule has 2 nitrogen and oxygen atoms in total. The van der Waals surface area contributed by atoms with Crippen LogP contribution in [0.25, 0.3) is 0 Å². The lowest BCUT2D eigenvalue weighted by atomic mass is 10.1. The van der Waals surface area contributed by atoms with E-state index in [-0.39, 0.29) is 11.9 Å². The number of morpholine rings is 1. The molecule has 1 saturated heterocycles. The Bertz CT molecular complexity index is 326. The van der Waals surface area contributed by atoms with E-state index < -0.39 is 0 Å². The molecule has 1 aromatic rings. The molecule has 14 heavy (non-hydrogen) atoms. The van der Waals surface area contributed by atoms with Crippen molar-refractivity contribution in [2.45, 2.75) is 6.04 Å². The molecule has 1 aliphatic rings. The molecule has 1 atom stereocenters. The first-order valence-electron chi connectivity index (χ1n) is 4.53. The van der Waals surface area contributed by atoms with Gasteiger partial charge in [-0.25, -0.2) is 4.39 Å². The Kier molecular flexibility index (Phi) is 3.15. The number of halogens is 2. The molecule has 1 N–H and O–H groups in total. The number of benzene rings is 1. The van der Waals surface area contributed by atoms with Gasteiger partial charge in [0, 0.05) is 16.6 Å². The van der Waals surface area contributed by atoms with E-state index in [2.05, 4.69) is 21.2 Å². The predicted octanol–water partition coefficient (Wildman–Crippen LogP) is 2.25. The third-order valence-corrected chi connectivity index (χ3v) is 2.75. The Morgan fingerprint density at radius 1 is 1.50 bits per heavy atom. The van der Waals surface area contributed by atoms with E-state index in [9.17, 15) is 4.39 Å². The molecule has 1 unspecified atom stereocenters. The Labute approximate surface area is 90.6 Å². The first-order chi connectivity index (χ1) is 6.77. The maximum atomic E-state index is 13.4. The zero-order chi connectivity index (χ0) is 9.97. The molecule has 0 aromatic heterocycles. The summed E-state index contributed by atoms with van der Waals surface area (Å²) in [6.45, 7) is 2.01. The van der Waals surface area contributed by atoms with Gasteiger partial charge in [-0.2, -0.15) is 0 Å². The van der Waals surface area contributed by atoms with Crippen molar-refractivity contribution >= 4 is 15.9 Å². The van der Waals surface area contributed by atoms with E-state index in [4.69, 9.17) is 4.74 Å². The van der Waals surface area contributed by atoms with Crippen LogP contribution in [0, 0.1) is 5.82 Å². The fourth-order valence-electron chi connectivity index (χ4n) is 1.55. The Hall–Kier alpha value is -0.450. The summed E-state index contributed by atoms with van der Waals surface area (Å²) in [5.74, 6) is -0.184. The third-order valence-electron chi connectivity index (χ3n) is 2.26. The highest BCUT2D eigenvalue weighted by molar-refractivity contribution is 9.10. The van der Waals surface area contributed by atoms with Crippen LogP contribution in [-0.4, -0.2) is 19.8 Å². The van der Waals surface area contributed by atoms with Crippen molar-refractivity contribution in [2.75, 3.05) is 19.8 Å². The van der Waals surface area contributed by atoms with Gasteiger partial charge in [-0.15, -0.1) is 0 Å². The minimum absolute atomic E-state index is 0.0266. The minimum Gasteiger partial charge on any atom is -0.378 e. The van der Waals surface area contributed by atoms with Gasteiger partial charge in [0.25, 0.3) is 0 Å². The van der Waals surface area contributed by atoms with Crippen molar-refractivity contribution in [3.05, 3.63) is 34.1 Å². The fourth-order valence-corrected chi connectivity index (χ4v) is 1.93. The molecular formula is C10H11BrFNO. The summed E-state index contributed by atoms with van der Waals surface area (Å²) in [4.78, 5) is 0. The van der Waals surface area contributed by atoms with Gasteiger partial charge in [0.15, 0.2) is 0 Å². The van der Waals surface area contributed by atoms with Gasteiger partial charge in [0.1, 0.15) is 5.82 Å². The van der Waals surface area contributed by atoms with Gasteiger partial charge in [0.2, 0.25) is 0 Å². The molecule has 2 rings (SSSR count). The van der Waals surface area contributed by atoms with Gasteiger partial charge < -0.3 is 10.1 Å². The van der Waals surface area contributed by atoms with Crippen LogP contribution in [0.5, 0.6) is 0 Å². The molecule has 1 fully saturated rings. The van der Waals surface area contributed by atoms with Crippen LogP contribution in [0.2, 0.25) is 0 Å². The van der Waals surface area contributed by atoms with Crippen LogP contribution < -0.4 is 5.32 Å². The minimum atomic E-state index is -0.184. The van der Waals surface area contributed by atoms with Crippen LogP contribution in [-0.2, 0) is 4.74 Å². The molecule has 1 aromatic carbocycles. The molecule has 1 aliphatic heterocycles. The van der Waals surface area contributed by atoms with Crippen molar-refractivity contribution in [2.24, 2.45) is 0 Å². The quantitative estimate of drug-likeness (QED) is 0.836. The molecule has 1 heterocycles. The second-order valence-electron chi connectivity index (χ2n) is 3.25. The van der Waals surface area contributed by atoms with Crippen LogP contribution in [0.3, 0.4) is 0 Å². The molecule has 76 valence electrons. The highest BCUT2D eigenvalue weighted by Gasteiger charge is 2.18. The van der Waals surface area contributed by atoms with Gasteiger partial charge in [-0.05, 0) is 18.2 Å². The lowest BCUT2D eigenvalue weighted by Crippen LogP contribution is -2.35. The first kappa shape index (κ1) is 10.1. The average Bonchev–Trinajstić information content (AvgIpc) is 2.23. The number of hydrogen-bond donors (Lipinski definition) is 1. The number of ether oxygens (including phenoxy) is 1. The zero-order valence-electron chi connectivity index (χ0n) is 7.59. The predicted molar refractivity (Wildman–Crippen MR) is 55.7 cm³/mol. The van der Waals surface area contributed by atoms with E-state index in [0.717, 1.165) is 11.0 Å². The summed E-state index contributed by atoms with van der Waals surface area (Å²) in [5, 5.41) is 3.22. The van der Waals surface area contributed by atoms with E-state index >= 15 is 0 Å². The van der Waals surface area contributed by atoms with Crippen molar-refractivity contribution in [3.8, 4) is 0 Å². The maximum absolute atomic E-state index is 13.4. The summed E-state index contributed by atoms with van der Waals surface area (Å²) < 4.78 is 19.6. The van der Waals surface area contributed by atoms with Gasteiger partial charge >= 0.3 is 0 Å². The molecule has 0 aliphatic carbocycles. The Morgan fingerprint density at radius 2 is 2.36 bits per heavy atom. The second-order valence-corrected chi connectivity index (χ2v) is 4.16. The molecule has 0 amide bonds. The van der Waals surface area contributed by atoms with Crippen molar-refractivity contribution in [1.29, 1.82) is 0 Å². The smallest absolute Gasteiger partial charge is 0.128 e. The standard InChI is InChI=1S/C10H11BrFNO/c11-7-1-2-9(12)8(5-7)10-6-14-4-3-13-10/h1-2,5,10,13H,3-4,6H2. The summed E-state index contributed by atoms with van der Waals surface area (Å²) in [5.41, 5.74) is 0.666. The molecule has 0 spiro atoms. The third kappa shape index (κ3) is 2.13. The number of rotatable bonds is 1. The van der Waals surface area contributed by atoms with E-state index in [1.165, 1.54) is 6.07 Å². The van der Waals surface area contributed by atoms with Gasteiger partial charge in [-0.3, -0.25) is 0 Å². The molecule has 0 saturated carbocycles. The normalized spacial score (nSPS) is 22.3. The first-order valence-corrected chi connectivity index (χ1v) is 5.33. The molecular weight excluding hydrogens is 249 g/mol. The van der Waals surface area contributed by atoms with Crippen molar-refractivity contribution in [3.63, 3.8) is 0 Å². The van der Waals surface area contributed by atoms with Crippen LogP contribution >= 0.6 is 15.9 Å². The summed E-state index contributed by atoms with van der Waals surface area (Å²) in [6.07, 6.45) is 0. The van der Waals surface area contributed by atoms with Gasteiger partial charge in [-0.1, -0.05) is 15.9 Å². The van der Waals surface area contributed by atoms with Crippen molar-refractivity contribution in [1.82, 2.24) is 5.32 Å². The topological polar surface area (TPSA) is 21.3 Å². The molecule has 0 radical (unpaired) electrons. The monoisotopic (exact) mass is 259 g/mol. The number of hydrogen-bond acceptors (Lipinski definition) is 2. The van der Waals surface area contributed by atoms with Crippen LogP contribution in [0.4, 0.5) is 4.39 Å². The van der Waals surface area contributed by atoms with Crippen molar-refractivity contribution < 1.29 is 9.13 Å². The zero-order valence-corrected chi connectivity index (χ0v) is 9.18. The highest BCUT2D eigenvalue weighted by Crippen LogP contribution is 2.23. The summed E-state index contributed by atoms with van der Waals surface area (Å²) >= 11 is 3.33. The van der Waals surface area contributed by atoms with Gasteiger partial charge in [0.05, 0.1) is 19.3 Å². The molecule has 4 heteroatoms. The van der Waals surface area contributed by atoms with E-state index in [0.29, 0.717) is 18.8 Å². The number of nitrogens with one attached hydrogen (secondary N) is 1. The summed E-state index contributed by atoms with van der Waals surface area (Å²) in [6, 6.07) is 4.93. The van der Waals surface area contributed by atoms with Crippen LogP contribution in [0.1, 0.15) is 11.6 Å². The van der Waals surface area contributed by atoms with E-state index in [1.807, 2.05) is 0 Å². The fraction of sp³-hybridized carbons (Fsp3) is 0.400. The lowest BCUT2D eigenvalue weighted by molar-refractivity contribution is 0.0757.